The van der Waals surface area contributed by atoms with Gasteiger partial charge in [0, 0.05) is 6.54 Å². The third kappa shape index (κ3) is 3.36. The average molecular weight is 286 g/mol. The Balaban J connectivity index is 2.03. The lowest BCUT2D eigenvalue weighted by molar-refractivity contribution is -0.123. The second kappa shape index (κ2) is 6.52. The fourth-order valence-electron chi connectivity index (χ4n) is 1.75. The van der Waals surface area contributed by atoms with E-state index >= 15 is 0 Å². The lowest BCUT2D eigenvalue weighted by atomic mass is 10.2. The number of amides is 1. The predicted molar refractivity (Wildman–Crippen MR) is 75.3 cm³/mol. The molecule has 2 aromatic rings. The number of nitrogens with zero attached hydrogens (tertiary/aromatic N) is 3. The third-order valence-corrected chi connectivity index (χ3v) is 2.77. The molecule has 0 aliphatic heterocycles. The zero-order valence-electron chi connectivity index (χ0n) is 11.5. The summed E-state index contributed by atoms with van der Waals surface area (Å²) in [5.74, 6) is 1.21. The van der Waals surface area contributed by atoms with Crippen LogP contribution in [0.15, 0.2) is 18.2 Å². The Morgan fingerprint density at radius 3 is 3.00 bits per heavy atom. The van der Waals surface area contributed by atoms with Crippen LogP contribution in [0.4, 0.5) is 0 Å². The summed E-state index contributed by atoms with van der Waals surface area (Å²) in [6.45, 7) is 2.36. The molecule has 0 aliphatic carbocycles. The number of ether oxygens (including phenoxy) is 1. The summed E-state index contributed by atoms with van der Waals surface area (Å²) in [5, 5.41) is 10.3. The highest BCUT2D eigenvalue weighted by Gasteiger charge is 2.12. The number of carbonyl (C=O) groups is 2. The van der Waals surface area contributed by atoms with Gasteiger partial charge >= 0.3 is 5.97 Å². The molecule has 0 aliphatic rings. The van der Waals surface area contributed by atoms with E-state index in [9.17, 15) is 9.59 Å². The van der Waals surface area contributed by atoms with Crippen LogP contribution in [0.1, 0.15) is 17.3 Å². The monoisotopic (exact) mass is 286 g/mol. The fraction of sp³-hybridized carbons (Fsp3) is 0.286. The van der Waals surface area contributed by atoms with Crippen LogP contribution in [0.2, 0.25) is 0 Å². The predicted octanol–water partition coefficient (Wildman–Crippen LogP) is 0.357. The van der Waals surface area contributed by atoms with E-state index in [4.69, 9.17) is 11.2 Å². The van der Waals surface area contributed by atoms with Crippen molar-refractivity contribution in [2.24, 2.45) is 0 Å². The van der Waals surface area contributed by atoms with Crippen molar-refractivity contribution in [3.05, 3.63) is 23.8 Å². The topological polar surface area (TPSA) is 86.1 Å². The molecule has 0 bridgehead atoms. The molecule has 7 nitrogen and oxygen atoms in total. The van der Waals surface area contributed by atoms with Gasteiger partial charge in [-0.1, -0.05) is 11.1 Å². The van der Waals surface area contributed by atoms with Crippen LogP contribution in [0, 0.1) is 12.3 Å². The van der Waals surface area contributed by atoms with Gasteiger partial charge in [0.05, 0.1) is 17.6 Å². The quantitative estimate of drug-likeness (QED) is 0.633. The summed E-state index contributed by atoms with van der Waals surface area (Å²) >= 11 is 0. The average Bonchev–Trinajstić information content (AvgIpc) is 2.92. The molecule has 0 fully saturated rings. The molecule has 1 N–H and O–H groups in total. The van der Waals surface area contributed by atoms with E-state index in [-0.39, 0.29) is 13.2 Å². The number of nitrogens with one attached hydrogen (secondary N) is 1. The van der Waals surface area contributed by atoms with Crippen LogP contribution in [-0.4, -0.2) is 40.0 Å². The van der Waals surface area contributed by atoms with Gasteiger partial charge in [0.15, 0.2) is 6.61 Å². The van der Waals surface area contributed by atoms with Crippen LogP contribution >= 0.6 is 0 Å². The molecule has 0 saturated carbocycles. The number of terminal acetylenes is 1. The molecule has 7 heteroatoms. The van der Waals surface area contributed by atoms with Gasteiger partial charge in [-0.3, -0.25) is 4.79 Å². The summed E-state index contributed by atoms with van der Waals surface area (Å²) in [5.41, 5.74) is 1.75. The Morgan fingerprint density at radius 1 is 1.48 bits per heavy atom. The number of hydrogen-bond donors (Lipinski definition) is 1. The number of aryl methyl sites for hydroxylation is 1. The largest absolute Gasteiger partial charge is 0.452 e. The first-order chi connectivity index (χ1) is 10.2. The van der Waals surface area contributed by atoms with Gasteiger partial charge in [-0.2, -0.15) is 0 Å². The van der Waals surface area contributed by atoms with Crippen molar-refractivity contribution in [2.75, 3.05) is 13.2 Å². The Kier molecular flexibility index (Phi) is 4.51. The number of hydrogen-bond acceptors (Lipinski definition) is 5. The summed E-state index contributed by atoms with van der Waals surface area (Å²) in [4.78, 5) is 23.1. The van der Waals surface area contributed by atoms with Crippen molar-refractivity contribution in [1.29, 1.82) is 0 Å². The third-order valence-electron chi connectivity index (χ3n) is 2.77. The molecule has 0 saturated heterocycles. The number of fused-ring (bicyclic) bond motifs is 1. The summed E-state index contributed by atoms with van der Waals surface area (Å²) in [6.07, 6.45) is 5.00. The van der Waals surface area contributed by atoms with Crippen LogP contribution in [-0.2, 0) is 16.1 Å². The van der Waals surface area contributed by atoms with Crippen LogP contribution in [0.3, 0.4) is 0 Å². The highest BCUT2D eigenvalue weighted by molar-refractivity contribution is 5.94. The smallest absolute Gasteiger partial charge is 0.338 e. The summed E-state index contributed by atoms with van der Waals surface area (Å²) in [7, 11) is 0. The molecule has 1 heterocycles. The lowest BCUT2D eigenvalue weighted by Gasteiger charge is -2.04. The second-order valence-electron chi connectivity index (χ2n) is 4.17. The number of aromatic nitrogens is 3. The first kappa shape index (κ1) is 14.5. The van der Waals surface area contributed by atoms with E-state index in [0.29, 0.717) is 17.6 Å². The first-order valence-corrected chi connectivity index (χ1v) is 6.36. The van der Waals surface area contributed by atoms with E-state index in [1.807, 2.05) is 6.92 Å². The molecule has 1 aromatic carbocycles. The van der Waals surface area contributed by atoms with Gasteiger partial charge in [0.1, 0.15) is 5.52 Å². The van der Waals surface area contributed by atoms with Crippen molar-refractivity contribution < 1.29 is 14.3 Å². The second-order valence-corrected chi connectivity index (χ2v) is 4.17. The fourth-order valence-corrected chi connectivity index (χ4v) is 1.75. The van der Waals surface area contributed by atoms with Crippen LogP contribution < -0.4 is 5.32 Å². The maximum atomic E-state index is 11.8. The van der Waals surface area contributed by atoms with Gasteiger partial charge in [-0.05, 0) is 25.1 Å². The zero-order chi connectivity index (χ0) is 15.2. The lowest BCUT2D eigenvalue weighted by Crippen LogP contribution is -2.28. The molecule has 21 heavy (non-hydrogen) atoms. The van der Waals surface area contributed by atoms with E-state index in [1.165, 1.54) is 0 Å². The van der Waals surface area contributed by atoms with E-state index in [2.05, 4.69) is 21.5 Å². The molecule has 2 rings (SSSR count). The van der Waals surface area contributed by atoms with Gasteiger partial charge in [-0.15, -0.1) is 11.5 Å². The number of carbonyl (C=O) groups excluding carboxylic acids is 2. The maximum Gasteiger partial charge on any atom is 0.338 e. The summed E-state index contributed by atoms with van der Waals surface area (Å²) < 4.78 is 6.61. The van der Waals surface area contributed by atoms with E-state index in [0.717, 1.165) is 5.52 Å². The Morgan fingerprint density at radius 2 is 2.29 bits per heavy atom. The van der Waals surface area contributed by atoms with Crippen molar-refractivity contribution in [3.63, 3.8) is 0 Å². The number of benzene rings is 1. The standard InChI is InChI=1S/C14H14N4O3/c1-3-7-15-13(19)9-21-14(20)10-5-6-12-11(8-10)16-17-18(12)4-2/h1,5-6,8H,4,7,9H2,2H3,(H,15,19). The maximum absolute atomic E-state index is 11.8. The highest BCUT2D eigenvalue weighted by Crippen LogP contribution is 2.14. The molecule has 0 radical (unpaired) electrons. The molecular formula is C14H14N4O3. The SMILES string of the molecule is C#CCNC(=O)COC(=O)c1ccc2c(c1)nnn2CC. The Hall–Kier alpha value is -2.88. The molecular weight excluding hydrogens is 272 g/mol. The van der Waals surface area contributed by atoms with Crippen molar-refractivity contribution in [3.8, 4) is 12.3 Å². The minimum Gasteiger partial charge on any atom is -0.452 e. The Bertz CT molecular complexity index is 715. The van der Waals surface area contributed by atoms with Gasteiger partial charge in [0.2, 0.25) is 0 Å². The minimum absolute atomic E-state index is 0.0997. The van der Waals surface area contributed by atoms with Gasteiger partial charge in [0.25, 0.3) is 5.91 Å². The highest BCUT2D eigenvalue weighted by atomic mass is 16.5. The number of rotatable bonds is 5. The molecule has 0 spiro atoms. The van der Waals surface area contributed by atoms with Crippen molar-refractivity contribution in [2.45, 2.75) is 13.5 Å². The van der Waals surface area contributed by atoms with Gasteiger partial charge < -0.3 is 10.1 Å². The zero-order valence-corrected chi connectivity index (χ0v) is 11.5. The van der Waals surface area contributed by atoms with Gasteiger partial charge in [-0.25, -0.2) is 9.48 Å². The minimum atomic E-state index is -0.598. The van der Waals surface area contributed by atoms with Crippen molar-refractivity contribution in [1.82, 2.24) is 20.3 Å². The molecule has 0 unspecified atom stereocenters. The first-order valence-electron chi connectivity index (χ1n) is 6.36. The van der Waals surface area contributed by atoms with Crippen molar-refractivity contribution >= 4 is 22.9 Å². The van der Waals surface area contributed by atoms with E-state index < -0.39 is 11.9 Å². The molecule has 1 aromatic heterocycles. The number of esters is 1. The molecule has 108 valence electrons. The normalized spacial score (nSPS) is 10.1. The van der Waals surface area contributed by atoms with E-state index in [1.54, 1.807) is 22.9 Å². The van der Waals surface area contributed by atoms with Crippen LogP contribution in [0.5, 0.6) is 0 Å². The summed E-state index contributed by atoms with van der Waals surface area (Å²) in [6, 6.07) is 4.93. The van der Waals surface area contributed by atoms with Crippen LogP contribution in [0.25, 0.3) is 11.0 Å². The Labute approximate surface area is 121 Å². The molecule has 0 atom stereocenters. The molecule has 1 amide bonds.